The molecule has 302 valence electrons. The van der Waals surface area contributed by atoms with E-state index in [2.05, 4.69) is 18.7 Å². The van der Waals surface area contributed by atoms with Crippen LogP contribution in [0.15, 0.2) is 11.3 Å². The van der Waals surface area contributed by atoms with Crippen LogP contribution in [-0.4, -0.2) is 136 Å². The summed E-state index contributed by atoms with van der Waals surface area (Å²) in [4.78, 5) is 16.3. The van der Waals surface area contributed by atoms with E-state index in [1.54, 1.807) is 34.6 Å². The Morgan fingerprint density at radius 3 is 2.19 bits per heavy atom. The van der Waals surface area contributed by atoms with Gasteiger partial charge in [-0.1, -0.05) is 20.8 Å². The molecule has 4 heterocycles. The van der Waals surface area contributed by atoms with Crippen LogP contribution in [0.3, 0.4) is 0 Å². The number of fused-ring (bicyclic) bond motifs is 2. The Bertz CT molecular complexity index is 1260. The van der Waals surface area contributed by atoms with Crippen LogP contribution < -0.4 is 0 Å². The van der Waals surface area contributed by atoms with Crippen molar-refractivity contribution in [1.82, 2.24) is 4.90 Å². The number of ether oxygens (including phenoxy) is 7. The molecule has 17 atom stereocenters. The fraction of sp³-hybridized carbons (Fsp3) is 0.923. The number of esters is 1. The van der Waals surface area contributed by atoms with Crippen LogP contribution in [0.25, 0.3) is 0 Å². The fourth-order valence-electron chi connectivity index (χ4n) is 9.00. The summed E-state index contributed by atoms with van der Waals surface area (Å²) in [7, 11) is 3.51. The largest absolute Gasteiger partial charge is 0.489 e. The highest BCUT2D eigenvalue weighted by Gasteiger charge is 2.56. The SMILES string of the molecule is CC[C@H]1OC(=O)[C@@H](C)[C@H](O[C@H]2C[C@@](C)(OC)[C@@H](O)[C@H](C)O2)[C@H](C)[C@@H](O[C@@H]2O[C@H](C)C[C@H](N(C)C(C)C)[C@H]2O)[C@@]2(C)CC(C)=C(O2)[C@@H](C)[C@@H](O)[C@]1(C)O. The van der Waals surface area contributed by atoms with Crippen molar-refractivity contribution >= 4 is 5.97 Å². The first kappa shape index (κ1) is 43.3. The third-order valence-electron chi connectivity index (χ3n) is 12.6. The molecule has 0 aromatic carbocycles. The molecule has 0 aromatic rings. The Kier molecular flexibility index (Phi) is 13.6. The summed E-state index contributed by atoms with van der Waals surface area (Å²) in [5.74, 6) is -2.33. The minimum Gasteiger partial charge on any atom is -0.489 e. The third kappa shape index (κ3) is 8.39. The second-order valence-corrected chi connectivity index (χ2v) is 17.1. The molecule has 13 heteroatoms. The number of aliphatic hydroxyl groups is 4. The van der Waals surface area contributed by atoms with Crippen LogP contribution in [0.5, 0.6) is 0 Å². The molecular weight excluding hydrogens is 674 g/mol. The zero-order chi connectivity index (χ0) is 39.2. The topological polar surface area (TPSA) is 166 Å². The van der Waals surface area contributed by atoms with E-state index >= 15 is 0 Å². The van der Waals surface area contributed by atoms with Gasteiger partial charge >= 0.3 is 5.97 Å². The molecule has 0 unspecified atom stereocenters. The quantitative estimate of drug-likeness (QED) is 0.267. The number of methoxy groups -OCH3 is 1. The highest BCUT2D eigenvalue weighted by molar-refractivity contribution is 5.73. The smallest absolute Gasteiger partial charge is 0.311 e. The van der Waals surface area contributed by atoms with Gasteiger partial charge in [0.15, 0.2) is 12.6 Å². The Hall–Kier alpha value is -1.39. The summed E-state index contributed by atoms with van der Waals surface area (Å²) in [5.41, 5.74) is -3.01. The molecule has 4 N–H and O–H groups in total. The van der Waals surface area contributed by atoms with E-state index in [4.69, 9.17) is 33.2 Å². The van der Waals surface area contributed by atoms with Gasteiger partial charge in [0, 0.05) is 43.9 Å². The maximum absolute atomic E-state index is 14.2. The fourth-order valence-corrected chi connectivity index (χ4v) is 9.00. The molecule has 0 amide bonds. The van der Waals surface area contributed by atoms with Gasteiger partial charge in [-0.15, -0.1) is 0 Å². The van der Waals surface area contributed by atoms with Gasteiger partial charge in [0.2, 0.25) is 0 Å². The number of hydrogen-bond donors (Lipinski definition) is 4. The third-order valence-corrected chi connectivity index (χ3v) is 12.6. The second-order valence-electron chi connectivity index (χ2n) is 17.1. The zero-order valence-electron chi connectivity index (χ0n) is 34.0. The van der Waals surface area contributed by atoms with Crippen molar-refractivity contribution in [3.63, 3.8) is 0 Å². The first-order chi connectivity index (χ1) is 24.0. The number of carbonyl (C=O) groups is 1. The Labute approximate surface area is 311 Å². The van der Waals surface area contributed by atoms with E-state index in [0.717, 1.165) is 5.57 Å². The van der Waals surface area contributed by atoms with Crippen LogP contribution in [0.2, 0.25) is 0 Å². The van der Waals surface area contributed by atoms with Gasteiger partial charge in [0.05, 0.1) is 35.9 Å². The maximum Gasteiger partial charge on any atom is 0.311 e. The molecular formula is C39H69NO12. The lowest BCUT2D eigenvalue weighted by molar-refractivity contribution is -0.317. The van der Waals surface area contributed by atoms with Gasteiger partial charge in [-0.25, -0.2) is 0 Å². The van der Waals surface area contributed by atoms with Gasteiger partial charge in [0.25, 0.3) is 0 Å². The van der Waals surface area contributed by atoms with Gasteiger partial charge in [0.1, 0.15) is 41.4 Å². The molecule has 4 aliphatic rings. The first-order valence-electron chi connectivity index (χ1n) is 19.3. The minimum atomic E-state index is -1.82. The second kappa shape index (κ2) is 16.4. The molecule has 4 aliphatic heterocycles. The summed E-state index contributed by atoms with van der Waals surface area (Å²) in [6, 6.07) is -0.0815. The predicted molar refractivity (Wildman–Crippen MR) is 193 cm³/mol. The van der Waals surface area contributed by atoms with E-state index in [1.807, 2.05) is 34.7 Å². The van der Waals surface area contributed by atoms with E-state index in [-0.39, 0.29) is 31.0 Å². The summed E-state index contributed by atoms with van der Waals surface area (Å²) in [6.07, 6.45) is -7.45. The molecule has 3 fully saturated rings. The Morgan fingerprint density at radius 2 is 1.62 bits per heavy atom. The van der Waals surface area contributed by atoms with Crippen LogP contribution >= 0.6 is 0 Å². The van der Waals surface area contributed by atoms with Crippen LogP contribution in [0, 0.1) is 17.8 Å². The van der Waals surface area contributed by atoms with E-state index in [9.17, 15) is 25.2 Å². The lowest BCUT2D eigenvalue weighted by Crippen LogP contribution is -2.61. The highest BCUT2D eigenvalue weighted by Crippen LogP contribution is 2.47. The molecule has 0 spiro atoms. The normalized spacial score (nSPS) is 48.2. The predicted octanol–water partition coefficient (Wildman–Crippen LogP) is 3.67. The number of rotatable bonds is 8. The van der Waals surface area contributed by atoms with Gasteiger partial charge < -0.3 is 53.6 Å². The molecule has 52 heavy (non-hydrogen) atoms. The van der Waals surface area contributed by atoms with Crippen LogP contribution in [-0.2, 0) is 38.0 Å². The molecule has 0 saturated carbocycles. The number of cyclic esters (lactones) is 1. The number of nitrogens with zero attached hydrogens (tertiary/aromatic N) is 1. The van der Waals surface area contributed by atoms with Gasteiger partial charge in [-0.2, -0.15) is 0 Å². The lowest BCUT2D eigenvalue weighted by Gasteiger charge is -2.49. The monoisotopic (exact) mass is 743 g/mol. The molecule has 0 aliphatic carbocycles. The number of likely N-dealkylation sites (N-methyl/N-ethyl adjacent to an activating group) is 1. The van der Waals surface area contributed by atoms with Crippen molar-refractivity contribution in [3.05, 3.63) is 11.3 Å². The van der Waals surface area contributed by atoms with E-state index < -0.39 is 95.8 Å². The summed E-state index contributed by atoms with van der Waals surface area (Å²) in [5, 5.41) is 46.2. The van der Waals surface area contributed by atoms with Crippen molar-refractivity contribution in [1.29, 1.82) is 0 Å². The Morgan fingerprint density at radius 1 is 0.981 bits per heavy atom. The van der Waals surface area contributed by atoms with E-state index in [0.29, 0.717) is 18.6 Å². The minimum absolute atomic E-state index is 0.163. The average molecular weight is 744 g/mol. The molecule has 3 saturated heterocycles. The van der Waals surface area contributed by atoms with Crippen molar-refractivity contribution in [2.75, 3.05) is 14.2 Å². The van der Waals surface area contributed by atoms with Crippen LogP contribution in [0.4, 0.5) is 0 Å². The summed E-state index contributed by atoms with van der Waals surface area (Å²) < 4.78 is 44.9. The van der Waals surface area contributed by atoms with Crippen molar-refractivity contribution in [2.24, 2.45) is 17.8 Å². The number of hydrogen-bond acceptors (Lipinski definition) is 13. The lowest BCUT2D eigenvalue weighted by atomic mass is 9.78. The number of aliphatic hydroxyl groups excluding tert-OH is 3. The highest BCUT2D eigenvalue weighted by atomic mass is 16.7. The van der Waals surface area contributed by atoms with Crippen LogP contribution in [0.1, 0.15) is 109 Å². The molecule has 2 bridgehead atoms. The first-order valence-corrected chi connectivity index (χ1v) is 19.3. The van der Waals surface area contributed by atoms with Crippen molar-refractivity contribution in [3.8, 4) is 0 Å². The number of carbonyl (C=O) groups excluding carboxylic acids is 1. The average Bonchev–Trinajstić information content (AvgIpc) is 3.40. The maximum atomic E-state index is 14.2. The summed E-state index contributed by atoms with van der Waals surface area (Å²) >= 11 is 0. The van der Waals surface area contributed by atoms with E-state index in [1.165, 1.54) is 14.0 Å². The molecule has 13 nitrogen and oxygen atoms in total. The molecule has 0 aromatic heterocycles. The van der Waals surface area contributed by atoms with Crippen molar-refractivity contribution < 1.29 is 58.4 Å². The van der Waals surface area contributed by atoms with Gasteiger partial charge in [-0.05, 0) is 87.8 Å². The zero-order valence-corrected chi connectivity index (χ0v) is 34.0. The standard InChI is InChI=1S/C39H69NO12/c1-15-27-39(12,45)32(42)22(6)30-20(4)17-38(11,52-30)34(51-36-29(41)26(16-21(5)47-36)40(13)19(2)3)23(7)31(24(8)35(44)49-27)50-28-18-37(10,46-14)33(43)25(9)48-28/h19,21-29,31-34,36,41-43,45H,15-18H2,1-14H3/t21-,22-,23+,24+,25+,26+,27-,28+,29-,31-,32-,33+,34-,36+,37-,38-,39-/m1/s1. The summed E-state index contributed by atoms with van der Waals surface area (Å²) in [6.45, 7) is 22.2. The van der Waals surface area contributed by atoms with Crippen molar-refractivity contribution in [2.45, 2.75) is 199 Å². The Balaban J connectivity index is 1.84. The molecule has 4 rings (SSSR count). The van der Waals surface area contributed by atoms with Gasteiger partial charge in [-0.3, -0.25) is 9.69 Å². The molecule has 0 radical (unpaired) electrons.